The van der Waals surface area contributed by atoms with Gasteiger partial charge in [-0.05, 0) is 45.9 Å². The first-order valence-corrected chi connectivity index (χ1v) is 6.65. The molecule has 4 heteroatoms. The summed E-state index contributed by atoms with van der Waals surface area (Å²) in [5.41, 5.74) is -0.0108. The number of para-hydroxylation sites is 1. The molecule has 2 rings (SSSR count). The summed E-state index contributed by atoms with van der Waals surface area (Å²) >= 11 is 0. The Kier molecular flexibility index (Phi) is 4.10. The molecule has 1 atom stereocenters. The lowest BCUT2D eigenvalue weighted by atomic mass is 10.1. The maximum Gasteiger partial charge on any atom is 0.342 e. The lowest BCUT2D eigenvalue weighted by Crippen LogP contribution is -2.25. The summed E-state index contributed by atoms with van der Waals surface area (Å²) in [6.45, 7) is 7.35. The minimum atomic E-state index is -0.501. The van der Waals surface area contributed by atoms with E-state index in [1.54, 1.807) is 6.07 Å². The topological polar surface area (TPSA) is 47.6 Å². The number of esters is 1. The zero-order valence-electron chi connectivity index (χ0n) is 11.7. The van der Waals surface area contributed by atoms with E-state index in [1.165, 1.54) is 0 Å². The molecular formula is C15H21NO3. The first-order valence-electron chi connectivity index (χ1n) is 6.65. The molecule has 0 spiro atoms. The summed E-state index contributed by atoms with van der Waals surface area (Å²) in [6.07, 6.45) is 1.09. The Bertz CT molecular complexity index is 445. The lowest BCUT2D eigenvalue weighted by Gasteiger charge is -2.21. The highest BCUT2D eigenvalue weighted by Crippen LogP contribution is 2.23. The van der Waals surface area contributed by atoms with Crippen molar-refractivity contribution in [2.75, 3.05) is 13.1 Å². The molecule has 4 nitrogen and oxygen atoms in total. The molecule has 19 heavy (non-hydrogen) atoms. The van der Waals surface area contributed by atoms with Crippen molar-refractivity contribution in [3.63, 3.8) is 0 Å². The van der Waals surface area contributed by atoms with Crippen molar-refractivity contribution in [1.29, 1.82) is 0 Å². The van der Waals surface area contributed by atoms with E-state index in [0.717, 1.165) is 19.5 Å². The predicted molar refractivity (Wildman–Crippen MR) is 73.5 cm³/mol. The van der Waals surface area contributed by atoms with Crippen LogP contribution in [0.15, 0.2) is 24.3 Å². The number of ether oxygens (including phenoxy) is 2. The molecule has 1 aromatic carbocycles. The van der Waals surface area contributed by atoms with Gasteiger partial charge in [-0.15, -0.1) is 0 Å². The monoisotopic (exact) mass is 263 g/mol. The Morgan fingerprint density at radius 3 is 2.68 bits per heavy atom. The molecule has 0 bridgehead atoms. The number of benzene rings is 1. The largest absolute Gasteiger partial charge is 0.488 e. The second kappa shape index (κ2) is 5.61. The highest BCUT2D eigenvalue weighted by molar-refractivity contribution is 5.92. The predicted octanol–water partition coefficient (Wildman–Crippen LogP) is 2.38. The SMILES string of the molecule is CC(C)(C)OC(=O)c1ccccc1OC1CCNC1. The molecule has 0 aliphatic carbocycles. The van der Waals surface area contributed by atoms with Crippen LogP contribution in [-0.2, 0) is 4.74 Å². The average Bonchev–Trinajstić information content (AvgIpc) is 2.80. The summed E-state index contributed by atoms with van der Waals surface area (Å²) in [7, 11) is 0. The van der Waals surface area contributed by atoms with Crippen LogP contribution in [0.2, 0.25) is 0 Å². The number of hydrogen-bond acceptors (Lipinski definition) is 4. The van der Waals surface area contributed by atoms with Crippen LogP contribution in [0.5, 0.6) is 5.75 Å². The van der Waals surface area contributed by atoms with Crippen molar-refractivity contribution < 1.29 is 14.3 Å². The second-order valence-corrected chi connectivity index (χ2v) is 5.73. The number of rotatable bonds is 3. The highest BCUT2D eigenvalue weighted by Gasteiger charge is 2.23. The average molecular weight is 263 g/mol. The summed E-state index contributed by atoms with van der Waals surface area (Å²) in [4.78, 5) is 12.1. The van der Waals surface area contributed by atoms with Gasteiger partial charge in [0.1, 0.15) is 23.0 Å². The van der Waals surface area contributed by atoms with Crippen molar-refractivity contribution in [2.24, 2.45) is 0 Å². The molecule has 1 saturated heterocycles. The fourth-order valence-electron chi connectivity index (χ4n) is 1.98. The fourth-order valence-corrected chi connectivity index (χ4v) is 1.98. The molecular weight excluding hydrogens is 242 g/mol. The van der Waals surface area contributed by atoms with Crippen molar-refractivity contribution in [1.82, 2.24) is 5.32 Å². The van der Waals surface area contributed by atoms with Gasteiger partial charge < -0.3 is 14.8 Å². The van der Waals surface area contributed by atoms with E-state index >= 15 is 0 Å². The minimum Gasteiger partial charge on any atom is -0.488 e. The zero-order valence-corrected chi connectivity index (χ0v) is 11.7. The quantitative estimate of drug-likeness (QED) is 0.851. The van der Waals surface area contributed by atoms with Crippen molar-refractivity contribution in [3.8, 4) is 5.75 Å². The van der Waals surface area contributed by atoms with Crippen LogP contribution >= 0.6 is 0 Å². The fraction of sp³-hybridized carbons (Fsp3) is 0.533. The summed E-state index contributed by atoms with van der Waals surface area (Å²) in [6, 6.07) is 7.24. The molecule has 1 heterocycles. The van der Waals surface area contributed by atoms with Gasteiger partial charge in [-0.2, -0.15) is 0 Å². The van der Waals surface area contributed by atoms with Crippen molar-refractivity contribution in [2.45, 2.75) is 38.9 Å². The normalized spacial score (nSPS) is 19.2. The van der Waals surface area contributed by atoms with E-state index in [9.17, 15) is 4.79 Å². The van der Waals surface area contributed by atoms with E-state index in [1.807, 2.05) is 39.0 Å². The van der Waals surface area contributed by atoms with Crippen LogP contribution in [-0.4, -0.2) is 30.8 Å². The zero-order chi connectivity index (χ0) is 13.9. The molecule has 104 valence electrons. The van der Waals surface area contributed by atoms with Crippen LogP contribution in [0.4, 0.5) is 0 Å². The number of carbonyl (C=O) groups excluding carboxylic acids is 1. The maximum atomic E-state index is 12.1. The van der Waals surface area contributed by atoms with Crippen molar-refractivity contribution >= 4 is 5.97 Å². The van der Waals surface area contributed by atoms with Crippen LogP contribution in [0.1, 0.15) is 37.6 Å². The molecule has 0 amide bonds. The molecule has 1 aliphatic rings. The van der Waals surface area contributed by atoms with Gasteiger partial charge in [0.2, 0.25) is 0 Å². The van der Waals surface area contributed by atoms with Gasteiger partial charge in [-0.25, -0.2) is 4.79 Å². The van der Waals surface area contributed by atoms with E-state index in [-0.39, 0.29) is 12.1 Å². The van der Waals surface area contributed by atoms with Gasteiger partial charge in [-0.1, -0.05) is 12.1 Å². The Labute approximate surface area is 114 Å². The van der Waals surface area contributed by atoms with Crippen LogP contribution in [0.25, 0.3) is 0 Å². The van der Waals surface area contributed by atoms with Crippen LogP contribution in [0, 0.1) is 0 Å². The van der Waals surface area contributed by atoms with Gasteiger partial charge in [0.15, 0.2) is 0 Å². The Balaban J connectivity index is 2.13. The Morgan fingerprint density at radius 1 is 1.32 bits per heavy atom. The highest BCUT2D eigenvalue weighted by atomic mass is 16.6. The smallest absolute Gasteiger partial charge is 0.342 e. The molecule has 1 aliphatic heterocycles. The third-order valence-electron chi connectivity index (χ3n) is 2.81. The van der Waals surface area contributed by atoms with Gasteiger partial charge in [0, 0.05) is 6.54 Å². The van der Waals surface area contributed by atoms with E-state index in [2.05, 4.69) is 5.32 Å². The molecule has 1 unspecified atom stereocenters. The Morgan fingerprint density at radius 2 is 2.05 bits per heavy atom. The van der Waals surface area contributed by atoms with E-state index in [4.69, 9.17) is 9.47 Å². The lowest BCUT2D eigenvalue weighted by molar-refractivity contribution is 0.00645. The summed E-state index contributed by atoms with van der Waals surface area (Å²) < 4.78 is 11.3. The van der Waals surface area contributed by atoms with E-state index < -0.39 is 5.60 Å². The Hall–Kier alpha value is -1.55. The van der Waals surface area contributed by atoms with Crippen molar-refractivity contribution in [3.05, 3.63) is 29.8 Å². The van der Waals surface area contributed by atoms with Gasteiger partial charge in [0.25, 0.3) is 0 Å². The molecule has 1 N–H and O–H groups in total. The van der Waals surface area contributed by atoms with Gasteiger partial charge in [-0.3, -0.25) is 0 Å². The number of hydrogen-bond donors (Lipinski definition) is 1. The first kappa shape index (κ1) is 13.9. The third kappa shape index (κ3) is 3.96. The number of carbonyl (C=O) groups is 1. The molecule has 1 aromatic rings. The summed E-state index contributed by atoms with van der Waals surface area (Å²) in [5, 5.41) is 3.24. The third-order valence-corrected chi connectivity index (χ3v) is 2.81. The van der Waals surface area contributed by atoms with Crippen LogP contribution in [0.3, 0.4) is 0 Å². The second-order valence-electron chi connectivity index (χ2n) is 5.73. The molecule has 0 saturated carbocycles. The molecule has 0 aromatic heterocycles. The minimum absolute atomic E-state index is 0.128. The van der Waals surface area contributed by atoms with Gasteiger partial charge >= 0.3 is 5.97 Å². The van der Waals surface area contributed by atoms with Gasteiger partial charge in [0.05, 0.1) is 0 Å². The molecule has 0 radical (unpaired) electrons. The summed E-state index contributed by atoms with van der Waals surface area (Å²) in [5.74, 6) is 0.263. The maximum absolute atomic E-state index is 12.1. The number of nitrogens with one attached hydrogen (secondary N) is 1. The van der Waals surface area contributed by atoms with E-state index in [0.29, 0.717) is 11.3 Å². The first-order chi connectivity index (χ1) is 8.96. The standard InChI is InChI=1S/C15H21NO3/c1-15(2,3)19-14(17)12-6-4-5-7-13(12)18-11-8-9-16-10-11/h4-7,11,16H,8-10H2,1-3H3. The van der Waals surface area contributed by atoms with Crippen LogP contribution < -0.4 is 10.1 Å². The molecule has 1 fully saturated rings.